The Morgan fingerprint density at radius 3 is 2.58 bits per heavy atom. The summed E-state index contributed by atoms with van der Waals surface area (Å²) in [6.45, 7) is 0. The number of benzene rings is 2. The van der Waals surface area contributed by atoms with Crippen molar-refractivity contribution in [2.24, 2.45) is 0 Å². The molecule has 2 saturated carbocycles. The van der Waals surface area contributed by atoms with Gasteiger partial charge in [0.2, 0.25) is 0 Å². The van der Waals surface area contributed by atoms with Crippen molar-refractivity contribution in [1.82, 2.24) is 0 Å². The van der Waals surface area contributed by atoms with E-state index in [2.05, 4.69) is 6.07 Å². The van der Waals surface area contributed by atoms with Gasteiger partial charge in [-0.3, -0.25) is 14.9 Å². The van der Waals surface area contributed by atoms with Crippen LogP contribution in [-0.2, 0) is 10.2 Å². The van der Waals surface area contributed by atoms with Gasteiger partial charge in [0.15, 0.2) is 11.3 Å². The molecule has 0 unspecified atom stereocenters. The fourth-order valence-corrected chi connectivity index (χ4v) is 5.03. The molecule has 0 spiro atoms. The maximum Gasteiger partial charge on any atom is 0.270 e. The van der Waals surface area contributed by atoms with Crippen molar-refractivity contribution in [2.75, 3.05) is 0 Å². The SMILES string of the molecule is N#CC1(c2ccc(OC3CCCC3)c3oc4ccc([N+](=O)[O-])cc4c23)CCC(=O)CC1. The van der Waals surface area contributed by atoms with Crippen molar-refractivity contribution in [3.8, 4) is 11.8 Å². The van der Waals surface area contributed by atoms with Crippen molar-refractivity contribution >= 4 is 33.4 Å². The molecule has 0 amide bonds. The molecule has 31 heavy (non-hydrogen) atoms. The number of furan rings is 1. The van der Waals surface area contributed by atoms with E-state index in [0.29, 0.717) is 53.4 Å². The van der Waals surface area contributed by atoms with Gasteiger partial charge in [0, 0.05) is 35.7 Å². The van der Waals surface area contributed by atoms with Crippen LogP contribution in [0.3, 0.4) is 0 Å². The Bertz CT molecular complexity index is 1240. The first kappa shape index (κ1) is 19.6. The molecule has 7 heteroatoms. The molecule has 158 valence electrons. The Kier molecular flexibility index (Phi) is 4.66. The number of hydrogen-bond acceptors (Lipinski definition) is 6. The van der Waals surface area contributed by atoms with E-state index in [1.54, 1.807) is 6.07 Å². The van der Waals surface area contributed by atoms with Gasteiger partial charge in [-0.2, -0.15) is 5.26 Å². The van der Waals surface area contributed by atoms with Crippen molar-refractivity contribution in [3.05, 3.63) is 46.0 Å². The maximum atomic E-state index is 11.9. The molecule has 1 heterocycles. The van der Waals surface area contributed by atoms with Gasteiger partial charge in [-0.25, -0.2) is 0 Å². The first-order valence-corrected chi connectivity index (χ1v) is 10.7. The lowest BCUT2D eigenvalue weighted by Gasteiger charge is -2.31. The minimum atomic E-state index is -0.834. The summed E-state index contributed by atoms with van der Waals surface area (Å²) in [6, 6.07) is 10.7. The zero-order chi connectivity index (χ0) is 21.6. The second kappa shape index (κ2) is 7.38. The molecule has 1 aromatic heterocycles. The molecule has 0 radical (unpaired) electrons. The highest BCUT2D eigenvalue weighted by atomic mass is 16.6. The Morgan fingerprint density at radius 2 is 1.90 bits per heavy atom. The van der Waals surface area contributed by atoms with Gasteiger partial charge in [0.05, 0.1) is 22.5 Å². The predicted molar refractivity (Wildman–Crippen MR) is 114 cm³/mol. The average molecular weight is 418 g/mol. The summed E-state index contributed by atoms with van der Waals surface area (Å²) >= 11 is 0. The van der Waals surface area contributed by atoms with Crippen LogP contribution in [0.2, 0.25) is 0 Å². The summed E-state index contributed by atoms with van der Waals surface area (Å²) < 4.78 is 12.4. The number of rotatable bonds is 4. The number of ether oxygens (including phenoxy) is 1. The Balaban J connectivity index is 1.75. The van der Waals surface area contributed by atoms with Crippen LogP contribution < -0.4 is 4.74 Å². The normalized spacial score (nSPS) is 19.0. The first-order valence-electron chi connectivity index (χ1n) is 10.7. The summed E-state index contributed by atoms with van der Waals surface area (Å²) in [5.41, 5.74) is 0.929. The van der Waals surface area contributed by atoms with Gasteiger partial charge in [-0.1, -0.05) is 6.07 Å². The molecule has 5 rings (SSSR count). The van der Waals surface area contributed by atoms with E-state index in [4.69, 9.17) is 9.15 Å². The Labute approximate surface area is 178 Å². The van der Waals surface area contributed by atoms with Gasteiger partial charge < -0.3 is 9.15 Å². The lowest BCUT2D eigenvalue weighted by molar-refractivity contribution is -0.384. The molecule has 3 aromatic rings. The summed E-state index contributed by atoms with van der Waals surface area (Å²) in [4.78, 5) is 22.8. The molecule has 0 N–H and O–H groups in total. The number of carbonyl (C=O) groups excluding carboxylic acids is 1. The molecule has 0 aliphatic heterocycles. The minimum Gasteiger partial charge on any atom is -0.486 e. The van der Waals surface area contributed by atoms with E-state index in [1.165, 1.54) is 12.1 Å². The average Bonchev–Trinajstić information content (AvgIpc) is 3.42. The Hall–Kier alpha value is -3.40. The summed E-state index contributed by atoms with van der Waals surface area (Å²) in [5, 5.41) is 22.8. The number of ketones is 1. The third-order valence-electron chi connectivity index (χ3n) is 6.76. The van der Waals surface area contributed by atoms with E-state index >= 15 is 0 Å². The van der Waals surface area contributed by atoms with Crippen LogP contribution in [0.25, 0.3) is 21.9 Å². The molecule has 2 aromatic carbocycles. The van der Waals surface area contributed by atoms with Crippen molar-refractivity contribution in [1.29, 1.82) is 5.26 Å². The highest BCUT2D eigenvalue weighted by molar-refractivity contribution is 6.10. The first-order chi connectivity index (χ1) is 15.0. The van der Waals surface area contributed by atoms with Crippen LogP contribution in [0, 0.1) is 21.4 Å². The molecule has 7 nitrogen and oxygen atoms in total. The third-order valence-corrected chi connectivity index (χ3v) is 6.76. The maximum absolute atomic E-state index is 11.9. The largest absolute Gasteiger partial charge is 0.486 e. The van der Waals surface area contributed by atoms with Crippen LogP contribution in [0.4, 0.5) is 5.69 Å². The van der Waals surface area contributed by atoms with Gasteiger partial charge in [-0.15, -0.1) is 0 Å². The second-order valence-corrected chi connectivity index (χ2v) is 8.61. The number of hydrogen-bond donors (Lipinski definition) is 0. The number of nitro groups is 1. The molecule has 2 aliphatic carbocycles. The summed E-state index contributed by atoms with van der Waals surface area (Å²) in [7, 11) is 0. The zero-order valence-electron chi connectivity index (χ0n) is 17.1. The van der Waals surface area contributed by atoms with Crippen LogP contribution in [0.15, 0.2) is 34.7 Å². The van der Waals surface area contributed by atoms with E-state index in [-0.39, 0.29) is 17.6 Å². The lowest BCUT2D eigenvalue weighted by atomic mass is 9.69. The molecule has 0 atom stereocenters. The number of nitro benzene ring substituents is 1. The number of nitriles is 1. The second-order valence-electron chi connectivity index (χ2n) is 8.61. The summed E-state index contributed by atoms with van der Waals surface area (Å²) in [6.07, 6.45) is 5.92. The molecule has 2 aliphatic rings. The van der Waals surface area contributed by atoms with Crippen LogP contribution in [-0.4, -0.2) is 16.8 Å². The summed E-state index contributed by atoms with van der Waals surface area (Å²) in [5.74, 6) is 0.764. The van der Waals surface area contributed by atoms with E-state index in [9.17, 15) is 20.2 Å². The standard InChI is InChI=1S/C24H22N2O5/c25-14-24(11-9-16(27)10-12-24)19-6-8-21(30-17-3-1-2-4-17)23-22(19)18-13-15(26(28)29)5-7-20(18)31-23/h5-8,13,17H,1-4,9-12H2. The van der Waals surface area contributed by atoms with Crippen molar-refractivity contribution in [3.63, 3.8) is 0 Å². The van der Waals surface area contributed by atoms with E-state index in [0.717, 1.165) is 31.2 Å². The fourth-order valence-electron chi connectivity index (χ4n) is 5.03. The quantitative estimate of drug-likeness (QED) is 0.396. The topological polar surface area (TPSA) is 106 Å². The fraction of sp³-hybridized carbons (Fsp3) is 0.417. The molecular weight excluding hydrogens is 396 g/mol. The number of carbonyl (C=O) groups is 1. The minimum absolute atomic E-state index is 0.0342. The third kappa shape index (κ3) is 3.23. The molecule has 2 fully saturated rings. The predicted octanol–water partition coefficient (Wildman–Crippen LogP) is 5.72. The van der Waals surface area contributed by atoms with Gasteiger partial charge in [-0.05, 0) is 56.2 Å². The van der Waals surface area contributed by atoms with E-state index < -0.39 is 10.3 Å². The van der Waals surface area contributed by atoms with Gasteiger partial charge in [0.1, 0.15) is 11.4 Å². The van der Waals surface area contributed by atoms with Crippen LogP contribution in [0.1, 0.15) is 56.9 Å². The van der Waals surface area contributed by atoms with Gasteiger partial charge >= 0.3 is 0 Å². The van der Waals surface area contributed by atoms with Crippen LogP contribution in [0.5, 0.6) is 5.75 Å². The van der Waals surface area contributed by atoms with Gasteiger partial charge in [0.25, 0.3) is 5.69 Å². The Morgan fingerprint density at radius 1 is 1.16 bits per heavy atom. The number of fused-ring (bicyclic) bond motifs is 3. The number of Topliss-reactive ketones (excluding diaryl/α,β-unsaturated/α-hetero) is 1. The molecule has 0 saturated heterocycles. The van der Waals surface area contributed by atoms with Crippen molar-refractivity contribution in [2.45, 2.75) is 62.9 Å². The van der Waals surface area contributed by atoms with E-state index in [1.807, 2.05) is 12.1 Å². The lowest BCUT2D eigenvalue weighted by Crippen LogP contribution is -2.30. The zero-order valence-corrected chi connectivity index (χ0v) is 17.1. The number of non-ortho nitro benzene ring substituents is 1. The van der Waals surface area contributed by atoms with Crippen LogP contribution >= 0.6 is 0 Å². The molecular formula is C24H22N2O5. The molecule has 0 bridgehead atoms. The highest BCUT2D eigenvalue weighted by Gasteiger charge is 2.39. The van der Waals surface area contributed by atoms with Crippen molar-refractivity contribution < 1.29 is 18.9 Å². The highest BCUT2D eigenvalue weighted by Crippen LogP contribution is 2.47. The number of nitrogens with zero attached hydrogens (tertiary/aromatic N) is 2. The smallest absolute Gasteiger partial charge is 0.270 e. The monoisotopic (exact) mass is 418 g/mol.